The minimum Gasteiger partial charge on any atom is -0.497 e. The maximum absolute atomic E-state index is 14.3. The van der Waals surface area contributed by atoms with Gasteiger partial charge in [-0.3, -0.25) is 4.98 Å². The lowest BCUT2D eigenvalue weighted by Crippen LogP contribution is -1.97. The van der Waals surface area contributed by atoms with Crippen LogP contribution in [-0.2, 0) is 0 Å². The first-order valence-electron chi connectivity index (χ1n) is 8.17. The van der Waals surface area contributed by atoms with Crippen LogP contribution < -0.4 is 14.8 Å². The Morgan fingerprint density at radius 1 is 0.963 bits per heavy atom. The number of benzene rings is 2. The standard InChI is InChI=1S/C20H16FN3O2S/c1-25-12-3-5-17(15(21)9-12)23-16-7-8-22-11-14(16)20-24-18-10-13(26-2)4-6-19(18)27-20/h3-11H,1-2H3,(H,22,23). The number of hydrogen-bond acceptors (Lipinski definition) is 6. The summed E-state index contributed by atoms with van der Waals surface area (Å²) in [6.07, 6.45) is 3.38. The zero-order valence-electron chi connectivity index (χ0n) is 14.7. The molecule has 0 aliphatic carbocycles. The van der Waals surface area contributed by atoms with E-state index in [1.807, 2.05) is 18.2 Å². The predicted octanol–water partition coefficient (Wildman–Crippen LogP) is 5.26. The molecule has 0 saturated carbocycles. The smallest absolute Gasteiger partial charge is 0.150 e. The molecule has 4 rings (SSSR count). The van der Waals surface area contributed by atoms with Crippen molar-refractivity contribution in [1.29, 1.82) is 0 Å². The Bertz CT molecular complexity index is 1110. The maximum Gasteiger partial charge on any atom is 0.150 e. The molecule has 27 heavy (non-hydrogen) atoms. The number of anilines is 2. The molecular formula is C20H16FN3O2S. The number of nitrogens with zero attached hydrogens (tertiary/aromatic N) is 2. The molecule has 0 aliphatic heterocycles. The fraction of sp³-hybridized carbons (Fsp3) is 0.100. The number of pyridine rings is 1. The number of thiazole rings is 1. The van der Waals surface area contributed by atoms with Gasteiger partial charge in [-0.15, -0.1) is 11.3 Å². The van der Waals surface area contributed by atoms with E-state index in [2.05, 4.69) is 15.3 Å². The second-order valence-electron chi connectivity index (χ2n) is 5.74. The highest BCUT2D eigenvalue weighted by atomic mass is 32.1. The van der Waals surface area contributed by atoms with Gasteiger partial charge in [0.2, 0.25) is 0 Å². The van der Waals surface area contributed by atoms with Crippen molar-refractivity contribution in [1.82, 2.24) is 9.97 Å². The van der Waals surface area contributed by atoms with Crippen LogP contribution in [0.5, 0.6) is 11.5 Å². The molecule has 0 amide bonds. The van der Waals surface area contributed by atoms with Crippen molar-refractivity contribution in [2.24, 2.45) is 0 Å². The minimum absolute atomic E-state index is 0.353. The summed E-state index contributed by atoms with van der Waals surface area (Å²) in [4.78, 5) is 8.89. The summed E-state index contributed by atoms with van der Waals surface area (Å²) in [7, 11) is 3.13. The van der Waals surface area contributed by atoms with Gasteiger partial charge in [-0.1, -0.05) is 0 Å². The third-order valence-electron chi connectivity index (χ3n) is 4.09. The van der Waals surface area contributed by atoms with Gasteiger partial charge in [0.15, 0.2) is 0 Å². The molecule has 136 valence electrons. The maximum atomic E-state index is 14.3. The Balaban J connectivity index is 1.73. The lowest BCUT2D eigenvalue weighted by Gasteiger charge is -2.11. The normalized spacial score (nSPS) is 10.8. The highest BCUT2D eigenvalue weighted by Gasteiger charge is 2.13. The van der Waals surface area contributed by atoms with Crippen LogP contribution in [0.1, 0.15) is 0 Å². The van der Waals surface area contributed by atoms with Crippen molar-refractivity contribution in [3.05, 3.63) is 60.7 Å². The number of hydrogen-bond donors (Lipinski definition) is 1. The Kier molecular flexibility index (Phi) is 4.60. The molecule has 0 atom stereocenters. The average molecular weight is 381 g/mol. The topological polar surface area (TPSA) is 56.3 Å². The summed E-state index contributed by atoms with van der Waals surface area (Å²) < 4.78 is 25.7. The molecule has 2 aromatic carbocycles. The van der Waals surface area contributed by atoms with E-state index in [4.69, 9.17) is 9.47 Å². The first-order chi connectivity index (χ1) is 13.2. The van der Waals surface area contributed by atoms with E-state index in [9.17, 15) is 4.39 Å². The molecule has 7 heteroatoms. The van der Waals surface area contributed by atoms with Crippen LogP contribution in [-0.4, -0.2) is 24.2 Å². The van der Waals surface area contributed by atoms with Gasteiger partial charge in [0.25, 0.3) is 0 Å². The summed E-state index contributed by atoms with van der Waals surface area (Å²) in [5.41, 5.74) is 2.72. The summed E-state index contributed by atoms with van der Waals surface area (Å²) in [6, 6.07) is 12.2. The van der Waals surface area contributed by atoms with E-state index in [0.717, 1.165) is 32.2 Å². The summed E-state index contributed by atoms with van der Waals surface area (Å²) in [6.45, 7) is 0. The van der Waals surface area contributed by atoms with Crippen LogP contribution in [0.3, 0.4) is 0 Å². The molecule has 2 aromatic heterocycles. The fourth-order valence-corrected chi connectivity index (χ4v) is 3.66. The molecule has 0 unspecified atom stereocenters. The molecule has 0 bridgehead atoms. The lowest BCUT2D eigenvalue weighted by molar-refractivity contribution is 0.411. The Morgan fingerprint density at radius 2 is 1.74 bits per heavy atom. The average Bonchev–Trinajstić information content (AvgIpc) is 3.12. The molecule has 5 nitrogen and oxygen atoms in total. The van der Waals surface area contributed by atoms with Crippen LogP contribution >= 0.6 is 11.3 Å². The zero-order chi connectivity index (χ0) is 18.8. The number of rotatable bonds is 5. The van der Waals surface area contributed by atoms with Gasteiger partial charge in [0.1, 0.15) is 22.3 Å². The van der Waals surface area contributed by atoms with Gasteiger partial charge in [-0.2, -0.15) is 0 Å². The molecule has 2 heterocycles. The first-order valence-corrected chi connectivity index (χ1v) is 8.99. The van der Waals surface area contributed by atoms with E-state index >= 15 is 0 Å². The van der Waals surface area contributed by atoms with Gasteiger partial charge in [-0.05, 0) is 30.3 Å². The van der Waals surface area contributed by atoms with Crippen LogP contribution in [0.15, 0.2) is 54.9 Å². The zero-order valence-corrected chi connectivity index (χ0v) is 15.5. The molecule has 0 radical (unpaired) electrons. The Hall–Kier alpha value is -3.19. The van der Waals surface area contributed by atoms with Crippen molar-refractivity contribution < 1.29 is 13.9 Å². The number of nitrogens with one attached hydrogen (secondary N) is 1. The summed E-state index contributed by atoms with van der Waals surface area (Å²) >= 11 is 1.54. The van der Waals surface area contributed by atoms with Crippen molar-refractivity contribution >= 4 is 32.9 Å². The van der Waals surface area contributed by atoms with Crippen molar-refractivity contribution in [2.75, 3.05) is 19.5 Å². The molecular weight excluding hydrogens is 365 g/mol. The fourth-order valence-electron chi connectivity index (χ4n) is 2.69. The molecule has 4 aromatic rings. The summed E-state index contributed by atoms with van der Waals surface area (Å²) in [5, 5.41) is 3.92. The lowest BCUT2D eigenvalue weighted by atomic mass is 10.2. The third-order valence-corrected chi connectivity index (χ3v) is 5.16. The number of aromatic nitrogens is 2. The number of methoxy groups -OCH3 is 2. The van der Waals surface area contributed by atoms with Gasteiger partial charge in [-0.25, -0.2) is 9.37 Å². The van der Waals surface area contributed by atoms with Crippen LogP contribution in [0, 0.1) is 5.82 Å². The molecule has 0 saturated heterocycles. The van der Waals surface area contributed by atoms with Crippen molar-refractivity contribution in [2.45, 2.75) is 0 Å². The van der Waals surface area contributed by atoms with Gasteiger partial charge >= 0.3 is 0 Å². The highest BCUT2D eigenvalue weighted by Crippen LogP contribution is 2.36. The number of halogens is 1. The van der Waals surface area contributed by atoms with Gasteiger partial charge < -0.3 is 14.8 Å². The Labute approximate surface area is 159 Å². The largest absolute Gasteiger partial charge is 0.497 e. The quantitative estimate of drug-likeness (QED) is 0.511. The van der Waals surface area contributed by atoms with Crippen LogP contribution in [0.4, 0.5) is 15.8 Å². The molecule has 1 N–H and O–H groups in total. The molecule has 0 fully saturated rings. The predicted molar refractivity (Wildman–Crippen MR) is 106 cm³/mol. The minimum atomic E-state index is -0.397. The van der Waals surface area contributed by atoms with Crippen molar-refractivity contribution in [3.8, 4) is 22.1 Å². The first kappa shape index (κ1) is 17.2. The van der Waals surface area contributed by atoms with E-state index in [1.54, 1.807) is 49.0 Å². The second kappa shape index (κ2) is 7.20. The molecule has 0 spiro atoms. The van der Waals surface area contributed by atoms with Crippen molar-refractivity contribution in [3.63, 3.8) is 0 Å². The van der Waals surface area contributed by atoms with E-state index in [0.29, 0.717) is 11.4 Å². The van der Waals surface area contributed by atoms with Gasteiger partial charge in [0, 0.05) is 24.5 Å². The van der Waals surface area contributed by atoms with Crippen LogP contribution in [0.2, 0.25) is 0 Å². The van der Waals surface area contributed by atoms with E-state index in [1.165, 1.54) is 13.2 Å². The molecule has 0 aliphatic rings. The second-order valence-corrected chi connectivity index (χ2v) is 6.78. The summed E-state index contributed by atoms with van der Waals surface area (Å²) in [5.74, 6) is 0.823. The van der Waals surface area contributed by atoms with Crippen LogP contribution in [0.25, 0.3) is 20.8 Å². The highest BCUT2D eigenvalue weighted by molar-refractivity contribution is 7.21. The number of ether oxygens (including phenoxy) is 2. The third kappa shape index (κ3) is 3.41. The van der Waals surface area contributed by atoms with E-state index < -0.39 is 5.82 Å². The van der Waals surface area contributed by atoms with E-state index in [-0.39, 0.29) is 0 Å². The Morgan fingerprint density at radius 3 is 2.52 bits per heavy atom. The van der Waals surface area contributed by atoms with Gasteiger partial charge in [0.05, 0.1) is 41.4 Å². The monoisotopic (exact) mass is 381 g/mol. The SMILES string of the molecule is COc1ccc(Nc2ccncc2-c2nc3cc(OC)ccc3s2)c(F)c1. The number of fused-ring (bicyclic) bond motifs is 1.